The summed E-state index contributed by atoms with van der Waals surface area (Å²) in [5, 5.41) is 2.85. The summed E-state index contributed by atoms with van der Waals surface area (Å²) in [6.45, 7) is 3.21. The molecular formula is C20H16FNO5. The summed E-state index contributed by atoms with van der Waals surface area (Å²) < 4.78 is 23.4. The molecule has 0 saturated heterocycles. The van der Waals surface area contributed by atoms with Crippen molar-refractivity contribution < 1.29 is 23.1 Å². The van der Waals surface area contributed by atoms with Gasteiger partial charge in [-0.1, -0.05) is 11.6 Å². The Labute approximate surface area is 153 Å². The van der Waals surface area contributed by atoms with Crippen LogP contribution in [0, 0.1) is 12.7 Å². The van der Waals surface area contributed by atoms with E-state index < -0.39 is 23.8 Å². The van der Waals surface area contributed by atoms with Crippen LogP contribution >= 0.6 is 0 Å². The highest BCUT2D eigenvalue weighted by Crippen LogP contribution is 2.16. The molecule has 27 heavy (non-hydrogen) atoms. The first kappa shape index (κ1) is 18.3. The van der Waals surface area contributed by atoms with Gasteiger partial charge in [-0.2, -0.15) is 0 Å². The van der Waals surface area contributed by atoms with Crippen molar-refractivity contribution in [2.24, 2.45) is 0 Å². The average Bonchev–Trinajstić information content (AvgIpc) is 2.63. The van der Waals surface area contributed by atoms with E-state index in [0.29, 0.717) is 11.1 Å². The molecule has 1 N–H and O–H groups in total. The highest BCUT2D eigenvalue weighted by atomic mass is 19.1. The van der Waals surface area contributed by atoms with Gasteiger partial charge in [-0.3, -0.25) is 9.59 Å². The molecular weight excluding hydrogens is 353 g/mol. The first-order chi connectivity index (χ1) is 12.8. The smallest absolute Gasteiger partial charge is 0.375 e. The van der Waals surface area contributed by atoms with Crippen molar-refractivity contribution in [2.75, 3.05) is 5.32 Å². The average molecular weight is 369 g/mol. The minimum atomic E-state index is -1.15. The third-order valence-electron chi connectivity index (χ3n) is 3.85. The number of carbonyl (C=O) groups is 2. The largest absolute Gasteiger partial charge is 0.449 e. The second-order valence-corrected chi connectivity index (χ2v) is 6.02. The van der Waals surface area contributed by atoms with E-state index in [1.807, 2.05) is 6.92 Å². The summed E-state index contributed by atoms with van der Waals surface area (Å²) in [5.74, 6) is -2.27. The van der Waals surface area contributed by atoms with Crippen LogP contribution in [-0.2, 0) is 9.53 Å². The molecule has 0 spiro atoms. The summed E-state index contributed by atoms with van der Waals surface area (Å²) in [5.41, 5.74) is 1.12. The van der Waals surface area contributed by atoms with Gasteiger partial charge in [0.05, 0.1) is 5.39 Å². The van der Waals surface area contributed by atoms with E-state index in [1.54, 1.807) is 18.2 Å². The number of hydrogen-bond donors (Lipinski definition) is 1. The van der Waals surface area contributed by atoms with E-state index in [9.17, 15) is 18.8 Å². The SMILES string of the molecule is Cc1ccc2oc(C(=O)O[C@@H](C)C(=O)Nc3ccc(F)cc3)cc(=O)c2c1. The minimum Gasteiger partial charge on any atom is -0.449 e. The number of amides is 1. The summed E-state index contributed by atoms with van der Waals surface area (Å²) in [4.78, 5) is 36.5. The molecule has 1 amide bonds. The van der Waals surface area contributed by atoms with Gasteiger partial charge in [0.1, 0.15) is 11.4 Å². The van der Waals surface area contributed by atoms with Crippen LogP contribution in [0.25, 0.3) is 11.0 Å². The first-order valence-corrected chi connectivity index (χ1v) is 8.15. The maximum Gasteiger partial charge on any atom is 0.375 e. The normalized spacial score (nSPS) is 11.8. The Kier molecular flexibility index (Phi) is 5.03. The first-order valence-electron chi connectivity index (χ1n) is 8.15. The summed E-state index contributed by atoms with van der Waals surface area (Å²) in [6.07, 6.45) is -1.15. The molecule has 0 aliphatic carbocycles. The lowest BCUT2D eigenvalue weighted by molar-refractivity contribution is -0.123. The Morgan fingerprint density at radius 1 is 1.11 bits per heavy atom. The second kappa shape index (κ2) is 7.41. The van der Waals surface area contributed by atoms with Crippen LogP contribution in [0.1, 0.15) is 23.0 Å². The molecule has 0 unspecified atom stereocenters. The molecule has 3 rings (SSSR count). The van der Waals surface area contributed by atoms with Crippen LogP contribution in [0.15, 0.2) is 57.7 Å². The molecule has 2 aromatic carbocycles. The number of fused-ring (bicyclic) bond motifs is 1. The van der Waals surface area contributed by atoms with Gasteiger partial charge in [-0.05, 0) is 50.2 Å². The maximum atomic E-state index is 12.9. The van der Waals surface area contributed by atoms with Gasteiger partial charge >= 0.3 is 5.97 Å². The molecule has 0 bridgehead atoms. The van der Waals surface area contributed by atoms with Gasteiger partial charge in [-0.15, -0.1) is 0 Å². The number of halogens is 1. The molecule has 0 aliphatic heterocycles. The Hall–Kier alpha value is -3.48. The molecule has 1 heterocycles. The molecule has 1 aromatic heterocycles. The maximum absolute atomic E-state index is 12.9. The number of anilines is 1. The fourth-order valence-corrected chi connectivity index (χ4v) is 2.42. The molecule has 0 aliphatic rings. The van der Waals surface area contributed by atoms with Crippen LogP contribution in [0.5, 0.6) is 0 Å². The predicted octanol–water partition coefficient (Wildman–Crippen LogP) is 3.42. The van der Waals surface area contributed by atoms with Gasteiger partial charge < -0.3 is 14.5 Å². The lowest BCUT2D eigenvalue weighted by Crippen LogP contribution is -2.30. The number of esters is 1. The van der Waals surface area contributed by atoms with Crippen molar-refractivity contribution in [3.63, 3.8) is 0 Å². The fraction of sp³-hybridized carbons (Fsp3) is 0.150. The van der Waals surface area contributed by atoms with Crippen LogP contribution < -0.4 is 10.7 Å². The van der Waals surface area contributed by atoms with Crippen molar-refractivity contribution in [3.05, 3.63) is 75.9 Å². The molecule has 1 atom stereocenters. The molecule has 3 aromatic rings. The van der Waals surface area contributed by atoms with Gasteiger partial charge in [0, 0.05) is 11.8 Å². The van der Waals surface area contributed by atoms with E-state index in [4.69, 9.17) is 9.15 Å². The Morgan fingerprint density at radius 2 is 1.81 bits per heavy atom. The Balaban J connectivity index is 1.73. The molecule has 138 valence electrons. The third kappa shape index (κ3) is 4.20. The van der Waals surface area contributed by atoms with Gasteiger partial charge in [0.2, 0.25) is 5.76 Å². The minimum absolute atomic E-state index is 0.253. The van der Waals surface area contributed by atoms with Gasteiger partial charge in [-0.25, -0.2) is 9.18 Å². The van der Waals surface area contributed by atoms with Crippen LogP contribution in [0.2, 0.25) is 0 Å². The number of aryl methyl sites for hydroxylation is 1. The number of ether oxygens (including phenoxy) is 1. The van der Waals surface area contributed by atoms with Gasteiger partial charge in [0.15, 0.2) is 11.5 Å². The molecule has 6 nitrogen and oxygen atoms in total. The van der Waals surface area contributed by atoms with Crippen molar-refractivity contribution in [3.8, 4) is 0 Å². The van der Waals surface area contributed by atoms with Crippen LogP contribution in [-0.4, -0.2) is 18.0 Å². The number of rotatable bonds is 4. The molecule has 0 fully saturated rings. The van der Waals surface area contributed by atoms with E-state index in [0.717, 1.165) is 11.6 Å². The zero-order valence-electron chi connectivity index (χ0n) is 14.6. The van der Waals surface area contributed by atoms with E-state index in [2.05, 4.69) is 5.32 Å². The molecule has 0 saturated carbocycles. The second-order valence-electron chi connectivity index (χ2n) is 6.02. The Bertz CT molecular complexity index is 1070. The zero-order chi connectivity index (χ0) is 19.6. The topological polar surface area (TPSA) is 85.6 Å². The zero-order valence-corrected chi connectivity index (χ0v) is 14.6. The lowest BCUT2D eigenvalue weighted by atomic mass is 10.1. The van der Waals surface area contributed by atoms with Crippen molar-refractivity contribution in [1.82, 2.24) is 0 Å². The number of hydrogen-bond acceptors (Lipinski definition) is 5. The quantitative estimate of drug-likeness (QED) is 0.712. The van der Waals surface area contributed by atoms with Crippen LogP contribution in [0.3, 0.4) is 0 Å². The monoisotopic (exact) mass is 369 g/mol. The third-order valence-corrected chi connectivity index (χ3v) is 3.85. The van der Waals surface area contributed by atoms with E-state index >= 15 is 0 Å². The summed E-state index contributed by atoms with van der Waals surface area (Å²) in [7, 11) is 0. The Morgan fingerprint density at radius 3 is 2.52 bits per heavy atom. The van der Waals surface area contributed by atoms with Crippen LogP contribution in [0.4, 0.5) is 10.1 Å². The highest BCUT2D eigenvalue weighted by Gasteiger charge is 2.21. The van der Waals surface area contributed by atoms with Crippen molar-refractivity contribution >= 4 is 28.5 Å². The highest BCUT2D eigenvalue weighted by molar-refractivity contribution is 5.97. The lowest BCUT2D eigenvalue weighted by Gasteiger charge is -2.13. The summed E-state index contributed by atoms with van der Waals surface area (Å²) in [6, 6.07) is 11.2. The van der Waals surface area contributed by atoms with Crippen molar-refractivity contribution in [1.29, 1.82) is 0 Å². The molecule has 7 heteroatoms. The standard InChI is InChI=1S/C20H16FNO5/c1-11-3-8-17-15(9-11)16(23)10-18(27-17)20(25)26-12(2)19(24)22-14-6-4-13(21)5-7-14/h3-10,12H,1-2H3,(H,22,24)/t12-/m0/s1. The number of benzene rings is 2. The fourth-order valence-electron chi connectivity index (χ4n) is 2.42. The van der Waals surface area contributed by atoms with Gasteiger partial charge in [0.25, 0.3) is 5.91 Å². The molecule has 0 radical (unpaired) electrons. The van der Waals surface area contributed by atoms with E-state index in [-0.39, 0.29) is 16.8 Å². The number of nitrogens with one attached hydrogen (secondary N) is 1. The number of carbonyl (C=O) groups excluding carboxylic acids is 2. The summed E-state index contributed by atoms with van der Waals surface area (Å²) >= 11 is 0. The van der Waals surface area contributed by atoms with E-state index in [1.165, 1.54) is 31.2 Å². The predicted molar refractivity (Wildman–Crippen MR) is 97.1 cm³/mol. The van der Waals surface area contributed by atoms with Crippen molar-refractivity contribution in [2.45, 2.75) is 20.0 Å².